The van der Waals surface area contributed by atoms with Crippen molar-refractivity contribution in [1.29, 1.82) is 0 Å². The first kappa shape index (κ1) is 14.1. The number of hydrogen-bond donors (Lipinski definition) is 1. The van der Waals surface area contributed by atoms with Gasteiger partial charge in [-0.2, -0.15) is 13.2 Å². The highest BCUT2D eigenvalue weighted by atomic mass is 19.4. The lowest BCUT2D eigenvalue weighted by Crippen LogP contribution is -2.12. The normalized spacial score (nSPS) is 18.6. The van der Waals surface area contributed by atoms with Crippen LogP contribution in [-0.2, 0) is 12.6 Å². The smallest absolute Gasteiger partial charge is 0.388 e. The number of fused-ring (bicyclic) bond motifs is 1. The summed E-state index contributed by atoms with van der Waals surface area (Å²) in [5.74, 6) is -1.28. The minimum Gasteiger partial charge on any atom is -0.388 e. The van der Waals surface area contributed by atoms with Crippen molar-refractivity contribution in [3.63, 3.8) is 0 Å². The zero-order chi connectivity index (χ0) is 15.2. The van der Waals surface area contributed by atoms with Crippen LogP contribution in [0.4, 0.5) is 17.6 Å². The van der Waals surface area contributed by atoms with Crippen LogP contribution in [0.25, 0.3) is 5.69 Å². The van der Waals surface area contributed by atoms with E-state index in [1.807, 2.05) is 0 Å². The molecule has 3 rings (SSSR count). The molecule has 1 aliphatic carbocycles. The van der Waals surface area contributed by atoms with Gasteiger partial charge in [-0.25, -0.2) is 4.39 Å². The third-order valence-electron chi connectivity index (χ3n) is 3.81. The summed E-state index contributed by atoms with van der Waals surface area (Å²) in [6.45, 7) is 0. The van der Waals surface area contributed by atoms with E-state index in [1.54, 1.807) is 16.8 Å². The molecule has 0 radical (unpaired) electrons. The molecule has 1 aliphatic rings. The number of aliphatic hydroxyl groups is 1. The molecule has 21 heavy (non-hydrogen) atoms. The van der Waals surface area contributed by atoms with Crippen molar-refractivity contribution in [3.8, 4) is 5.69 Å². The Morgan fingerprint density at radius 3 is 2.67 bits per heavy atom. The molecule has 1 unspecified atom stereocenters. The number of nitrogens with zero attached hydrogens (tertiary/aromatic N) is 1. The summed E-state index contributed by atoms with van der Waals surface area (Å²) in [6.07, 6.45) is -1.60. The van der Waals surface area contributed by atoms with Crippen LogP contribution in [0.5, 0.6) is 0 Å². The van der Waals surface area contributed by atoms with Crippen molar-refractivity contribution in [2.24, 2.45) is 0 Å². The Morgan fingerprint density at radius 2 is 1.95 bits per heavy atom. The minimum absolute atomic E-state index is 0.249. The first-order chi connectivity index (χ1) is 9.88. The second-order valence-electron chi connectivity index (χ2n) is 5.16. The molecule has 1 atom stereocenters. The van der Waals surface area contributed by atoms with Gasteiger partial charge in [0.1, 0.15) is 5.82 Å². The van der Waals surface area contributed by atoms with E-state index in [2.05, 4.69) is 0 Å². The first-order valence-corrected chi connectivity index (χ1v) is 6.63. The number of hydrogen-bond acceptors (Lipinski definition) is 1. The van der Waals surface area contributed by atoms with E-state index in [9.17, 15) is 22.7 Å². The number of benzene rings is 1. The Morgan fingerprint density at radius 1 is 1.19 bits per heavy atom. The lowest BCUT2D eigenvalue weighted by Gasteiger charge is -2.20. The predicted octanol–water partition coefficient (Wildman–Crippen LogP) is 4.00. The van der Waals surface area contributed by atoms with Crippen LogP contribution in [0, 0.1) is 5.82 Å². The van der Waals surface area contributed by atoms with E-state index < -0.39 is 23.7 Å². The average Bonchev–Trinajstić information content (AvgIpc) is 2.83. The molecule has 1 N–H and O–H groups in total. The molecule has 0 aliphatic heterocycles. The maximum Gasteiger partial charge on any atom is 0.419 e. The fourth-order valence-electron chi connectivity index (χ4n) is 2.79. The van der Waals surface area contributed by atoms with E-state index in [0.29, 0.717) is 12.8 Å². The maximum atomic E-state index is 13.3. The van der Waals surface area contributed by atoms with Gasteiger partial charge in [0.15, 0.2) is 0 Å². The first-order valence-electron chi connectivity index (χ1n) is 6.63. The fraction of sp³-hybridized carbons (Fsp3) is 0.333. The lowest BCUT2D eigenvalue weighted by molar-refractivity contribution is -0.140. The molecule has 1 aromatic carbocycles. The molecule has 0 bridgehead atoms. The molecule has 6 heteroatoms. The van der Waals surface area contributed by atoms with Crippen LogP contribution in [0.3, 0.4) is 0 Å². The zero-order valence-corrected chi connectivity index (χ0v) is 11.0. The molecule has 2 aromatic rings. The van der Waals surface area contributed by atoms with Crippen LogP contribution in [0.1, 0.15) is 35.8 Å². The number of halogens is 4. The van der Waals surface area contributed by atoms with Crippen molar-refractivity contribution < 1.29 is 22.7 Å². The molecule has 2 nitrogen and oxygen atoms in total. The molecule has 0 saturated carbocycles. The van der Waals surface area contributed by atoms with Gasteiger partial charge in [-0.1, -0.05) is 0 Å². The predicted molar refractivity (Wildman–Crippen MR) is 68.6 cm³/mol. The van der Waals surface area contributed by atoms with Gasteiger partial charge in [-0.3, -0.25) is 0 Å². The van der Waals surface area contributed by atoms with E-state index >= 15 is 0 Å². The van der Waals surface area contributed by atoms with Gasteiger partial charge < -0.3 is 9.67 Å². The SMILES string of the molecule is OC1CCCc2c1ccn2-c1ccc(F)c(C(F)(F)F)c1. The minimum atomic E-state index is -4.73. The monoisotopic (exact) mass is 299 g/mol. The van der Waals surface area contributed by atoms with Gasteiger partial charge in [0.25, 0.3) is 0 Å². The van der Waals surface area contributed by atoms with E-state index in [-0.39, 0.29) is 5.69 Å². The Bertz CT molecular complexity index is 675. The molecule has 0 spiro atoms. The molecule has 112 valence electrons. The van der Waals surface area contributed by atoms with Gasteiger partial charge in [0.05, 0.1) is 11.7 Å². The summed E-state index contributed by atoms with van der Waals surface area (Å²) in [4.78, 5) is 0. The molecule has 1 heterocycles. The third-order valence-corrected chi connectivity index (χ3v) is 3.81. The Labute approximate surface area is 118 Å². The molecule has 1 aromatic heterocycles. The van der Waals surface area contributed by atoms with Crippen molar-refractivity contribution in [2.75, 3.05) is 0 Å². The molecule has 0 amide bonds. The highest BCUT2D eigenvalue weighted by Gasteiger charge is 2.34. The van der Waals surface area contributed by atoms with E-state index in [1.165, 1.54) is 6.07 Å². The van der Waals surface area contributed by atoms with Gasteiger partial charge >= 0.3 is 6.18 Å². The third kappa shape index (κ3) is 2.44. The second kappa shape index (κ2) is 4.87. The summed E-state index contributed by atoms with van der Waals surface area (Å²) in [5.41, 5.74) is 0.491. The molecule has 0 saturated heterocycles. The topological polar surface area (TPSA) is 25.2 Å². The summed E-state index contributed by atoms with van der Waals surface area (Å²) in [7, 11) is 0. The summed E-state index contributed by atoms with van der Waals surface area (Å²) in [5, 5.41) is 9.90. The number of aromatic nitrogens is 1. The Balaban J connectivity index is 2.10. The highest BCUT2D eigenvalue weighted by molar-refractivity contribution is 5.43. The quantitative estimate of drug-likeness (QED) is 0.791. The van der Waals surface area contributed by atoms with Gasteiger partial charge in [-0.15, -0.1) is 0 Å². The van der Waals surface area contributed by atoms with Crippen molar-refractivity contribution in [1.82, 2.24) is 4.57 Å². The van der Waals surface area contributed by atoms with E-state index in [0.717, 1.165) is 29.8 Å². The zero-order valence-electron chi connectivity index (χ0n) is 11.0. The fourth-order valence-corrected chi connectivity index (χ4v) is 2.79. The van der Waals surface area contributed by atoms with Crippen LogP contribution >= 0.6 is 0 Å². The summed E-state index contributed by atoms with van der Waals surface area (Å²) < 4.78 is 53.3. The number of aliphatic hydroxyl groups excluding tert-OH is 1. The van der Waals surface area contributed by atoms with Crippen LogP contribution in [0.2, 0.25) is 0 Å². The Kier molecular flexibility index (Phi) is 3.28. The number of alkyl halides is 3. The maximum absolute atomic E-state index is 13.3. The second-order valence-corrected chi connectivity index (χ2v) is 5.16. The van der Waals surface area contributed by atoms with Crippen LogP contribution in [-0.4, -0.2) is 9.67 Å². The summed E-state index contributed by atoms with van der Waals surface area (Å²) >= 11 is 0. The van der Waals surface area contributed by atoms with E-state index in [4.69, 9.17) is 0 Å². The van der Waals surface area contributed by atoms with Gasteiger partial charge in [0, 0.05) is 23.1 Å². The van der Waals surface area contributed by atoms with Crippen molar-refractivity contribution in [3.05, 3.63) is 53.1 Å². The molecular weight excluding hydrogens is 286 g/mol. The van der Waals surface area contributed by atoms with Gasteiger partial charge in [0.2, 0.25) is 0 Å². The van der Waals surface area contributed by atoms with Crippen molar-refractivity contribution in [2.45, 2.75) is 31.5 Å². The number of rotatable bonds is 1. The standard InChI is InChI=1S/C15H13F4NO/c16-12-5-4-9(8-11(12)15(17,18)19)20-7-6-10-13(20)2-1-3-14(10)21/h4-8,14,21H,1-3H2. The summed E-state index contributed by atoms with van der Waals surface area (Å²) in [6, 6.07) is 4.64. The molecule has 0 fully saturated rings. The van der Waals surface area contributed by atoms with Crippen LogP contribution < -0.4 is 0 Å². The van der Waals surface area contributed by atoms with Gasteiger partial charge in [-0.05, 0) is 43.5 Å². The van der Waals surface area contributed by atoms with Crippen molar-refractivity contribution >= 4 is 0 Å². The largest absolute Gasteiger partial charge is 0.419 e. The highest BCUT2D eigenvalue weighted by Crippen LogP contribution is 2.35. The Hall–Kier alpha value is -1.82. The van der Waals surface area contributed by atoms with Crippen LogP contribution in [0.15, 0.2) is 30.5 Å². The lowest BCUT2D eigenvalue weighted by atomic mass is 9.95. The molecular formula is C15H13F4NO. The average molecular weight is 299 g/mol.